The zero-order chi connectivity index (χ0) is 21.4. The first-order valence-corrected chi connectivity index (χ1v) is 9.24. The van der Waals surface area contributed by atoms with Gasteiger partial charge in [0.25, 0.3) is 11.6 Å². The topological polar surface area (TPSA) is 116 Å². The average molecular weight is 419 g/mol. The molecule has 29 heavy (non-hydrogen) atoms. The van der Waals surface area contributed by atoms with E-state index in [9.17, 15) is 24.5 Å². The van der Waals surface area contributed by atoms with Crippen molar-refractivity contribution in [2.24, 2.45) is 0 Å². The molecule has 0 aliphatic carbocycles. The van der Waals surface area contributed by atoms with Crippen LogP contribution in [0.25, 0.3) is 0 Å². The van der Waals surface area contributed by atoms with Gasteiger partial charge >= 0.3 is 5.97 Å². The SMILES string of the molecule is CCCCNC(=O)COC(=O)c1ccccc1C(=O)c1ccc(Cl)c([N+](=O)[O-])c1. The highest BCUT2D eigenvalue weighted by Gasteiger charge is 2.22. The summed E-state index contributed by atoms with van der Waals surface area (Å²) in [7, 11) is 0. The van der Waals surface area contributed by atoms with Gasteiger partial charge in [0.1, 0.15) is 5.02 Å². The highest BCUT2D eigenvalue weighted by atomic mass is 35.5. The molecule has 2 aromatic rings. The van der Waals surface area contributed by atoms with Crippen molar-refractivity contribution in [3.05, 3.63) is 74.3 Å². The predicted octanol–water partition coefficient (Wildman–Crippen LogP) is 3.55. The number of ketones is 1. The van der Waals surface area contributed by atoms with E-state index in [0.29, 0.717) is 6.54 Å². The number of hydrogen-bond acceptors (Lipinski definition) is 6. The summed E-state index contributed by atoms with van der Waals surface area (Å²) in [6.45, 7) is 1.99. The van der Waals surface area contributed by atoms with Crippen molar-refractivity contribution in [3.8, 4) is 0 Å². The molecule has 0 fully saturated rings. The molecule has 8 nitrogen and oxygen atoms in total. The van der Waals surface area contributed by atoms with Crippen LogP contribution in [-0.2, 0) is 9.53 Å². The van der Waals surface area contributed by atoms with E-state index in [2.05, 4.69) is 5.32 Å². The number of esters is 1. The molecule has 0 saturated heterocycles. The molecule has 2 rings (SSSR count). The molecule has 152 valence electrons. The standard InChI is InChI=1S/C20H19ClN2O6/c1-2-3-10-22-18(24)12-29-20(26)15-7-5-4-6-14(15)19(25)13-8-9-16(21)17(11-13)23(27)28/h4-9,11H,2-3,10,12H2,1H3,(H,22,24). The molecule has 0 aliphatic rings. The van der Waals surface area contributed by atoms with Gasteiger partial charge in [0.05, 0.1) is 10.5 Å². The van der Waals surface area contributed by atoms with Crippen molar-refractivity contribution in [2.75, 3.05) is 13.2 Å². The lowest BCUT2D eigenvalue weighted by atomic mass is 9.98. The maximum absolute atomic E-state index is 12.8. The van der Waals surface area contributed by atoms with Crippen molar-refractivity contribution >= 4 is 34.9 Å². The van der Waals surface area contributed by atoms with Crippen LogP contribution < -0.4 is 5.32 Å². The number of nitro benzene ring substituents is 1. The van der Waals surface area contributed by atoms with E-state index in [1.54, 1.807) is 12.1 Å². The number of amides is 1. The number of carbonyl (C=O) groups excluding carboxylic acids is 3. The summed E-state index contributed by atoms with van der Waals surface area (Å²) in [6.07, 6.45) is 1.72. The smallest absolute Gasteiger partial charge is 0.339 e. The van der Waals surface area contributed by atoms with Gasteiger partial charge in [-0.25, -0.2) is 4.79 Å². The van der Waals surface area contributed by atoms with Crippen LogP contribution in [0.5, 0.6) is 0 Å². The van der Waals surface area contributed by atoms with Gasteiger partial charge in [0.15, 0.2) is 12.4 Å². The summed E-state index contributed by atoms with van der Waals surface area (Å²) in [5.74, 6) is -1.89. The fourth-order valence-corrected chi connectivity index (χ4v) is 2.66. The number of nitrogens with one attached hydrogen (secondary N) is 1. The van der Waals surface area contributed by atoms with E-state index in [1.807, 2.05) is 6.92 Å². The van der Waals surface area contributed by atoms with Crippen LogP contribution in [0.15, 0.2) is 42.5 Å². The fourth-order valence-electron chi connectivity index (χ4n) is 2.47. The first-order chi connectivity index (χ1) is 13.8. The van der Waals surface area contributed by atoms with Crippen LogP contribution >= 0.6 is 11.6 Å². The molecule has 0 spiro atoms. The summed E-state index contributed by atoms with van der Waals surface area (Å²) in [6, 6.07) is 9.50. The number of rotatable bonds is 9. The molecule has 0 bridgehead atoms. The molecule has 1 N–H and O–H groups in total. The van der Waals surface area contributed by atoms with Crippen molar-refractivity contribution in [2.45, 2.75) is 19.8 Å². The second kappa shape index (κ2) is 10.3. The van der Waals surface area contributed by atoms with E-state index in [-0.39, 0.29) is 21.7 Å². The van der Waals surface area contributed by atoms with Gasteiger partial charge in [-0.1, -0.05) is 43.1 Å². The number of benzene rings is 2. The largest absolute Gasteiger partial charge is 0.452 e. The third kappa shape index (κ3) is 5.86. The van der Waals surface area contributed by atoms with Crippen LogP contribution in [-0.4, -0.2) is 35.7 Å². The molecule has 2 aromatic carbocycles. The Morgan fingerprint density at radius 2 is 1.83 bits per heavy atom. The molecule has 0 aromatic heterocycles. The Morgan fingerprint density at radius 1 is 1.14 bits per heavy atom. The quantitative estimate of drug-likeness (QED) is 0.219. The average Bonchev–Trinajstić information content (AvgIpc) is 2.71. The van der Waals surface area contributed by atoms with Gasteiger partial charge in [-0.15, -0.1) is 0 Å². The third-order valence-electron chi connectivity index (χ3n) is 3.98. The lowest BCUT2D eigenvalue weighted by Crippen LogP contribution is -2.29. The van der Waals surface area contributed by atoms with Crippen LogP contribution in [0.3, 0.4) is 0 Å². The van der Waals surface area contributed by atoms with Crippen LogP contribution in [0, 0.1) is 10.1 Å². The molecule has 0 saturated carbocycles. The van der Waals surface area contributed by atoms with E-state index in [4.69, 9.17) is 16.3 Å². The van der Waals surface area contributed by atoms with Gasteiger partial charge in [0, 0.05) is 23.7 Å². The minimum atomic E-state index is -0.844. The van der Waals surface area contributed by atoms with Gasteiger partial charge in [-0.3, -0.25) is 19.7 Å². The third-order valence-corrected chi connectivity index (χ3v) is 4.30. The summed E-state index contributed by atoms with van der Waals surface area (Å²) >= 11 is 5.77. The van der Waals surface area contributed by atoms with Crippen LogP contribution in [0.2, 0.25) is 5.02 Å². The zero-order valence-corrected chi connectivity index (χ0v) is 16.4. The van der Waals surface area contributed by atoms with Gasteiger partial charge in [-0.2, -0.15) is 0 Å². The van der Waals surface area contributed by atoms with Crippen LogP contribution in [0.4, 0.5) is 5.69 Å². The molecule has 0 atom stereocenters. The number of nitro groups is 1. The molecule has 9 heteroatoms. The highest BCUT2D eigenvalue weighted by molar-refractivity contribution is 6.33. The van der Waals surface area contributed by atoms with Crippen molar-refractivity contribution in [3.63, 3.8) is 0 Å². The Morgan fingerprint density at radius 3 is 2.48 bits per heavy atom. The lowest BCUT2D eigenvalue weighted by molar-refractivity contribution is -0.384. The molecule has 0 unspecified atom stereocenters. The van der Waals surface area contributed by atoms with E-state index in [1.165, 1.54) is 24.3 Å². The summed E-state index contributed by atoms with van der Waals surface area (Å²) in [5, 5.41) is 13.6. The summed E-state index contributed by atoms with van der Waals surface area (Å²) in [4.78, 5) is 47.2. The normalized spacial score (nSPS) is 10.3. The maximum atomic E-state index is 12.8. The van der Waals surface area contributed by atoms with E-state index >= 15 is 0 Å². The number of unbranched alkanes of at least 4 members (excludes halogenated alkanes) is 1. The first-order valence-electron chi connectivity index (χ1n) is 8.86. The summed E-state index contributed by atoms with van der Waals surface area (Å²) < 4.78 is 5.00. The Bertz CT molecular complexity index is 944. The monoisotopic (exact) mass is 418 g/mol. The van der Waals surface area contributed by atoms with Crippen molar-refractivity contribution in [1.82, 2.24) is 5.32 Å². The molecule has 0 aliphatic heterocycles. The van der Waals surface area contributed by atoms with Crippen molar-refractivity contribution < 1.29 is 24.0 Å². The molecular formula is C20H19ClN2O6. The lowest BCUT2D eigenvalue weighted by Gasteiger charge is -2.10. The zero-order valence-electron chi connectivity index (χ0n) is 15.6. The minimum Gasteiger partial charge on any atom is -0.452 e. The Kier molecular flexibility index (Phi) is 7.85. The summed E-state index contributed by atoms with van der Waals surface area (Å²) in [5.41, 5.74) is -0.461. The Balaban J connectivity index is 2.19. The number of carbonyl (C=O) groups is 3. The molecular weight excluding hydrogens is 400 g/mol. The van der Waals surface area contributed by atoms with E-state index < -0.39 is 34.9 Å². The van der Waals surface area contributed by atoms with E-state index in [0.717, 1.165) is 18.9 Å². The van der Waals surface area contributed by atoms with Crippen LogP contribution in [0.1, 0.15) is 46.0 Å². The second-order valence-corrected chi connectivity index (χ2v) is 6.48. The Hall–Kier alpha value is -3.26. The number of hydrogen-bond donors (Lipinski definition) is 1. The Labute approximate surface area is 172 Å². The highest BCUT2D eigenvalue weighted by Crippen LogP contribution is 2.27. The second-order valence-electron chi connectivity index (χ2n) is 6.08. The van der Waals surface area contributed by atoms with Gasteiger partial charge in [0.2, 0.25) is 0 Å². The fraction of sp³-hybridized carbons (Fsp3) is 0.250. The number of halogens is 1. The van der Waals surface area contributed by atoms with Crippen molar-refractivity contribution in [1.29, 1.82) is 0 Å². The molecule has 0 radical (unpaired) electrons. The first kappa shape index (κ1) is 22.0. The van der Waals surface area contributed by atoms with Gasteiger partial charge < -0.3 is 10.1 Å². The molecule has 1 amide bonds. The number of ether oxygens (including phenoxy) is 1. The maximum Gasteiger partial charge on any atom is 0.339 e. The molecule has 0 heterocycles. The number of nitrogens with zero attached hydrogens (tertiary/aromatic N) is 1. The van der Waals surface area contributed by atoms with Gasteiger partial charge in [-0.05, 0) is 24.6 Å². The minimum absolute atomic E-state index is 0.000474. The predicted molar refractivity (Wildman–Crippen MR) is 106 cm³/mol.